The number of hydrogen-bond acceptors (Lipinski definition) is 4. The summed E-state index contributed by atoms with van der Waals surface area (Å²) in [5.74, 6) is 0.0788. The van der Waals surface area contributed by atoms with Crippen molar-refractivity contribution in [2.45, 2.75) is 65.6 Å². The van der Waals surface area contributed by atoms with E-state index in [-0.39, 0.29) is 17.5 Å². The van der Waals surface area contributed by atoms with Crippen LogP contribution in [0.1, 0.15) is 60.9 Å². The Morgan fingerprint density at radius 1 is 1.06 bits per heavy atom. The molecule has 0 fully saturated rings. The van der Waals surface area contributed by atoms with Crippen molar-refractivity contribution in [3.63, 3.8) is 0 Å². The van der Waals surface area contributed by atoms with Crippen LogP contribution in [0.5, 0.6) is 0 Å². The second-order valence-electron chi connectivity index (χ2n) is 9.42. The van der Waals surface area contributed by atoms with Crippen molar-refractivity contribution in [1.29, 1.82) is 0 Å². The second kappa shape index (κ2) is 10.3. The predicted octanol–water partition coefficient (Wildman–Crippen LogP) is 6.74. The standard InChI is InChI=1S/C28H30F3N3O2/c1-4-19-12-17(3)13-20(5-2)26(19)27-24(35)14-18(15-25(27)36)10-11-34-16-23(32-33-34)21-6-8-22(9-7-21)28(29,30)31/h6-9,12-13,16,18,35H,4-5,10-11,14-15H2,1-3H3. The van der Waals surface area contributed by atoms with Gasteiger partial charge in [-0.15, -0.1) is 5.10 Å². The predicted molar refractivity (Wildman–Crippen MR) is 132 cm³/mol. The minimum absolute atomic E-state index is 0.0272. The molecule has 1 aliphatic carbocycles. The smallest absolute Gasteiger partial charge is 0.416 e. The van der Waals surface area contributed by atoms with Crippen LogP contribution in [0.2, 0.25) is 0 Å². The van der Waals surface area contributed by atoms with Gasteiger partial charge in [0, 0.05) is 24.9 Å². The minimum Gasteiger partial charge on any atom is -0.512 e. The summed E-state index contributed by atoms with van der Waals surface area (Å²) in [5, 5.41) is 19.1. The maximum absolute atomic E-state index is 13.2. The van der Waals surface area contributed by atoms with Crippen molar-refractivity contribution in [2.75, 3.05) is 0 Å². The number of rotatable bonds is 7. The maximum Gasteiger partial charge on any atom is 0.416 e. The monoisotopic (exact) mass is 497 g/mol. The summed E-state index contributed by atoms with van der Waals surface area (Å²) in [6.07, 6.45) is 0.247. The van der Waals surface area contributed by atoms with E-state index in [1.165, 1.54) is 12.1 Å². The van der Waals surface area contributed by atoms with Crippen LogP contribution >= 0.6 is 0 Å². The molecule has 0 radical (unpaired) electrons. The van der Waals surface area contributed by atoms with E-state index >= 15 is 0 Å². The summed E-state index contributed by atoms with van der Waals surface area (Å²) >= 11 is 0. The quantitative estimate of drug-likeness (QED) is 0.393. The highest BCUT2D eigenvalue weighted by molar-refractivity contribution is 6.22. The molecule has 1 aromatic heterocycles. The van der Waals surface area contributed by atoms with Gasteiger partial charge in [-0.25, -0.2) is 0 Å². The fourth-order valence-electron chi connectivity index (χ4n) is 4.97. The number of benzene rings is 2. The lowest BCUT2D eigenvalue weighted by Crippen LogP contribution is -2.21. The van der Waals surface area contributed by atoms with Crippen LogP contribution in [0.15, 0.2) is 48.4 Å². The SMILES string of the molecule is CCc1cc(C)cc(CC)c1C1=C(O)CC(CCn2cc(-c3ccc(C(F)(F)F)cc3)nn2)CC1=O. The number of aliphatic hydroxyl groups excluding tert-OH is 1. The van der Waals surface area contributed by atoms with Crippen molar-refractivity contribution in [3.05, 3.63) is 76.2 Å². The van der Waals surface area contributed by atoms with E-state index in [1.807, 2.05) is 6.92 Å². The Labute approximate surface area is 208 Å². The Morgan fingerprint density at radius 3 is 2.25 bits per heavy atom. The largest absolute Gasteiger partial charge is 0.512 e. The normalized spacial score (nSPS) is 16.6. The van der Waals surface area contributed by atoms with Crippen LogP contribution in [-0.4, -0.2) is 25.9 Å². The summed E-state index contributed by atoms with van der Waals surface area (Å²) in [7, 11) is 0. The van der Waals surface area contributed by atoms with E-state index < -0.39 is 11.7 Å². The van der Waals surface area contributed by atoms with Gasteiger partial charge in [-0.05, 0) is 60.9 Å². The lowest BCUT2D eigenvalue weighted by molar-refractivity contribution is -0.137. The molecule has 0 spiro atoms. The third-order valence-electron chi connectivity index (χ3n) is 6.79. The Bertz CT molecular complexity index is 1270. The number of nitrogens with zero attached hydrogens (tertiary/aromatic N) is 3. The van der Waals surface area contributed by atoms with Gasteiger partial charge in [0.05, 0.1) is 17.3 Å². The van der Waals surface area contributed by atoms with Gasteiger partial charge in [-0.1, -0.05) is 48.9 Å². The first-order chi connectivity index (χ1) is 17.1. The van der Waals surface area contributed by atoms with Gasteiger partial charge < -0.3 is 5.11 Å². The molecule has 1 N–H and O–H groups in total. The highest BCUT2D eigenvalue weighted by Gasteiger charge is 2.31. The maximum atomic E-state index is 13.2. The van der Waals surface area contributed by atoms with E-state index in [2.05, 4.69) is 36.3 Å². The topological polar surface area (TPSA) is 68.0 Å². The van der Waals surface area contributed by atoms with E-state index in [9.17, 15) is 23.1 Å². The molecule has 0 bridgehead atoms. The molecule has 0 amide bonds. The number of Topliss-reactive ketones (excluding diaryl/α,β-unsaturated/α-hetero) is 1. The number of halogens is 3. The number of ketones is 1. The zero-order valence-corrected chi connectivity index (χ0v) is 20.7. The number of aliphatic hydroxyl groups is 1. The Balaban J connectivity index is 1.46. The van der Waals surface area contributed by atoms with Crippen LogP contribution < -0.4 is 0 Å². The van der Waals surface area contributed by atoms with Gasteiger partial charge in [-0.2, -0.15) is 13.2 Å². The van der Waals surface area contributed by atoms with Crippen molar-refractivity contribution in [2.24, 2.45) is 5.92 Å². The molecule has 2 aromatic carbocycles. The Hall–Kier alpha value is -3.42. The molecule has 0 saturated carbocycles. The van der Waals surface area contributed by atoms with Gasteiger partial charge in [0.25, 0.3) is 0 Å². The van der Waals surface area contributed by atoms with Gasteiger partial charge in [0.1, 0.15) is 11.5 Å². The summed E-state index contributed by atoms with van der Waals surface area (Å²) in [5.41, 5.74) is 4.98. The van der Waals surface area contributed by atoms with E-state index in [1.54, 1.807) is 10.9 Å². The number of carbonyl (C=O) groups is 1. The Morgan fingerprint density at radius 2 is 1.69 bits per heavy atom. The van der Waals surface area contributed by atoms with Gasteiger partial charge >= 0.3 is 6.18 Å². The molecule has 190 valence electrons. The summed E-state index contributed by atoms with van der Waals surface area (Å²) < 4.78 is 40.0. The third kappa shape index (κ3) is 5.37. The number of carbonyl (C=O) groups excluding carboxylic acids is 1. The first kappa shape index (κ1) is 25.7. The van der Waals surface area contributed by atoms with E-state index in [0.29, 0.717) is 42.6 Å². The molecule has 8 heteroatoms. The summed E-state index contributed by atoms with van der Waals surface area (Å²) in [6, 6.07) is 8.98. The lowest BCUT2D eigenvalue weighted by Gasteiger charge is -2.26. The molecule has 3 aromatic rings. The first-order valence-electron chi connectivity index (χ1n) is 12.3. The van der Waals surface area contributed by atoms with Crippen LogP contribution in [0.4, 0.5) is 13.2 Å². The molecule has 1 unspecified atom stereocenters. The molecule has 36 heavy (non-hydrogen) atoms. The number of hydrogen-bond donors (Lipinski definition) is 1. The van der Waals surface area contributed by atoms with Crippen LogP contribution in [0, 0.1) is 12.8 Å². The first-order valence-corrected chi connectivity index (χ1v) is 12.3. The van der Waals surface area contributed by atoms with Crippen LogP contribution in [0.25, 0.3) is 16.8 Å². The molecule has 4 rings (SSSR count). The molecule has 0 aliphatic heterocycles. The van der Waals surface area contributed by atoms with Crippen molar-refractivity contribution >= 4 is 11.4 Å². The molecular formula is C28H30F3N3O2. The zero-order chi connectivity index (χ0) is 26.0. The zero-order valence-electron chi connectivity index (χ0n) is 20.7. The fourth-order valence-corrected chi connectivity index (χ4v) is 4.97. The van der Waals surface area contributed by atoms with Gasteiger partial charge in [-0.3, -0.25) is 9.48 Å². The molecule has 0 saturated heterocycles. The molecule has 1 atom stereocenters. The average Bonchev–Trinajstić information content (AvgIpc) is 3.31. The summed E-state index contributed by atoms with van der Waals surface area (Å²) in [6.45, 7) is 6.65. The van der Waals surface area contributed by atoms with Crippen molar-refractivity contribution < 1.29 is 23.1 Å². The minimum atomic E-state index is -4.39. The average molecular weight is 498 g/mol. The third-order valence-corrected chi connectivity index (χ3v) is 6.79. The van der Waals surface area contributed by atoms with E-state index in [4.69, 9.17) is 0 Å². The Kier molecular flexibility index (Phi) is 7.33. The molecule has 5 nitrogen and oxygen atoms in total. The molecular weight excluding hydrogens is 467 g/mol. The second-order valence-corrected chi connectivity index (χ2v) is 9.42. The summed E-state index contributed by atoms with van der Waals surface area (Å²) in [4.78, 5) is 13.2. The highest BCUT2D eigenvalue weighted by atomic mass is 19.4. The lowest BCUT2D eigenvalue weighted by atomic mass is 9.79. The molecule has 1 aliphatic rings. The highest BCUT2D eigenvalue weighted by Crippen LogP contribution is 2.37. The van der Waals surface area contributed by atoms with Gasteiger partial charge in [0.2, 0.25) is 0 Å². The molecule has 1 heterocycles. The van der Waals surface area contributed by atoms with Crippen LogP contribution in [-0.2, 0) is 30.4 Å². The number of aryl methyl sites for hydroxylation is 4. The number of aromatic nitrogens is 3. The fraction of sp³-hybridized carbons (Fsp3) is 0.393. The number of alkyl halides is 3. The van der Waals surface area contributed by atoms with Crippen LogP contribution in [0.3, 0.4) is 0 Å². The van der Waals surface area contributed by atoms with E-state index in [0.717, 1.165) is 47.2 Å². The van der Waals surface area contributed by atoms with Gasteiger partial charge in [0.15, 0.2) is 5.78 Å². The number of allylic oxidation sites excluding steroid dienone is 2. The van der Waals surface area contributed by atoms with Crippen molar-refractivity contribution in [1.82, 2.24) is 15.0 Å². The van der Waals surface area contributed by atoms with Crippen molar-refractivity contribution in [3.8, 4) is 11.3 Å².